The number of likely N-dealkylation sites (N-methyl/N-ethyl adjacent to an activating group) is 1. The van der Waals surface area contributed by atoms with Crippen LogP contribution in [0.15, 0.2) is 24.5 Å². The van der Waals surface area contributed by atoms with E-state index in [-0.39, 0.29) is 42.8 Å². The summed E-state index contributed by atoms with van der Waals surface area (Å²) in [5, 5.41) is 7.35. The number of aryl methyl sites for hydroxylation is 1. The van der Waals surface area contributed by atoms with Crippen molar-refractivity contribution in [3.05, 3.63) is 47.0 Å². The van der Waals surface area contributed by atoms with Crippen LogP contribution in [0.2, 0.25) is 0 Å². The van der Waals surface area contributed by atoms with Gasteiger partial charge in [-0.2, -0.15) is 5.10 Å². The van der Waals surface area contributed by atoms with Gasteiger partial charge in [-0.1, -0.05) is 13.8 Å². The highest BCUT2D eigenvalue weighted by Gasteiger charge is 2.35. The van der Waals surface area contributed by atoms with Gasteiger partial charge in [0.15, 0.2) is 5.69 Å². The lowest BCUT2D eigenvalue weighted by Gasteiger charge is -2.36. The average Bonchev–Trinajstić information content (AvgIpc) is 3.25. The second-order valence-corrected chi connectivity index (χ2v) is 10.9. The highest BCUT2D eigenvalue weighted by molar-refractivity contribution is 5.97. The topological polar surface area (TPSA) is 121 Å². The number of nitrogens with zero attached hydrogens (tertiary/aromatic N) is 6. The zero-order valence-corrected chi connectivity index (χ0v) is 23.4. The molecule has 0 aromatic carbocycles. The minimum absolute atomic E-state index is 0.0574. The van der Waals surface area contributed by atoms with Crippen LogP contribution >= 0.6 is 0 Å². The van der Waals surface area contributed by atoms with Gasteiger partial charge in [-0.05, 0) is 50.2 Å². The molecule has 1 N–H and O–H groups in total. The largest absolute Gasteiger partial charge is 0.354 e. The van der Waals surface area contributed by atoms with Gasteiger partial charge in [0.2, 0.25) is 11.8 Å². The maximum absolute atomic E-state index is 13.9. The molecule has 3 heterocycles. The molecule has 0 saturated carbocycles. The van der Waals surface area contributed by atoms with Gasteiger partial charge >= 0.3 is 0 Å². The number of hydrogen-bond acceptors (Lipinski definition) is 6. The van der Waals surface area contributed by atoms with Crippen molar-refractivity contribution in [2.24, 2.45) is 13.0 Å². The van der Waals surface area contributed by atoms with Gasteiger partial charge in [-0.15, -0.1) is 0 Å². The highest BCUT2D eigenvalue weighted by Crippen LogP contribution is 2.28. The Morgan fingerprint density at radius 1 is 1.13 bits per heavy atom. The lowest BCUT2D eigenvalue weighted by molar-refractivity contribution is -0.134. The van der Waals surface area contributed by atoms with Crippen molar-refractivity contribution in [1.82, 2.24) is 34.8 Å². The van der Waals surface area contributed by atoms with Crippen LogP contribution in [0.1, 0.15) is 65.2 Å². The summed E-state index contributed by atoms with van der Waals surface area (Å²) >= 11 is 0. The summed E-state index contributed by atoms with van der Waals surface area (Å²) in [7, 11) is 3.43. The smallest absolute Gasteiger partial charge is 0.274 e. The van der Waals surface area contributed by atoms with Crippen LogP contribution in [0.4, 0.5) is 0 Å². The first-order valence-corrected chi connectivity index (χ1v) is 13.7. The molecule has 2 bridgehead atoms. The lowest BCUT2D eigenvalue weighted by Crippen LogP contribution is -2.50. The quantitative estimate of drug-likeness (QED) is 0.627. The first-order valence-electron chi connectivity index (χ1n) is 13.7. The fourth-order valence-corrected chi connectivity index (χ4v) is 5.32. The van der Waals surface area contributed by atoms with E-state index in [0.29, 0.717) is 56.1 Å². The minimum atomic E-state index is -0.302. The Bertz CT molecular complexity index is 1210. The van der Waals surface area contributed by atoms with E-state index in [1.807, 2.05) is 11.9 Å². The maximum atomic E-state index is 13.9. The predicted molar refractivity (Wildman–Crippen MR) is 145 cm³/mol. The van der Waals surface area contributed by atoms with Crippen LogP contribution in [0.5, 0.6) is 0 Å². The summed E-state index contributed by atoms with van der Waals surface area (Å²) in [5.74, 6) is -0.545. The number of nitrogens with one attached hydrogen (secondary N) is 1. The fraction of sp³-hybridized carbons (Fsp3) is 0.571. The molecule has 210 valence electrons. The Morgan fingerprint density at radius 3 is 2.59 bits per heavy atom. The monoisotopic (exact) mass is 537 g/mol. The van der Waals surface area contributed by atoms with E-state index in [9.17, 15) is 19.2 Å². The highest BCUT2D eigenvalue weighted by atomic mass is 16.2. The molecule has 11 nitrogen and oxygen atoms in total. The summed E-state index contributed by atoms with van der Waals surface area (Å²) in [6.07, 6.45) is 6.37. The van der Waals surface area contributed by atoms with Gasteiger partial charge in [0.1, 0.15) is 6.54 Å². The van der Waals surface area contributed by atoms with Gasteiger partial charge in [-0.3, -0.25) is 28.8 Å². The van der Waals surface area contributed by atoms with Gasteiger partial charge < -0.3 is 20.0 Å². The lowest BCUT2D eigenvalue weighted by atomic mass is 9.89. The molecule has 0 radical (unpaired) electrons. The van der Waals surface area contributed by atoms with Crippen molar-refractivity contribution in [2.75, 3.05) is 39.8 Å². The summed E-state index contributed by atoms with van der Waals surface area (Å²) in [4.78, 5) is 62.1. The number of carbonyl (C=O) groups is 4. The maximum Gasteiger partial charge on any atom is 0.274 e. The number of aromatic nitrogens is 3. The van der Waals surface area contributed by atoms with Crippen molar-refractivity contribution in [3.8, 4) is 0 Å². The van der Waals surface area contributed by atoms with Crippen molar-refractivity contribution in [1.29, 1.82) is 0 Å². The molecule has 0 spiro atoms. The SMILES string of the molecule is CC(C)CCN1C(=O)CN(C(=O)c2ccncc2)CCCNC(=O)CN(C)C(=O)c2nn(C)c3c2CC1CC3. The molecule has 1 unspecified atom stereocenters. The zero-order chi connectivity index (χ0) is 28.1. The zero-order valence-electron chi connectivity index (χ0n) is 23.4. The number of amides is 4. The van der Waals surface area contributed by atoms with Crippen LogP contribution in [0.3, 0.4) is 0 Å². The van der Waals surface area contributed by atoms with E-state index in [1.165, 1.54) is 4.90 Å². The molecule has 0 fully saturated rings. The van der Waals surface area contributed by atoms with E-state index >= 15 is 0 Å². The molecule has 4 rings (SSSR count). The number of hydrogen-bond donors (Lipinski definition) is 1. The van der Waals surface area contributed by atoms with Crippen molar-refractivity contribution < 1.29 is 19.2 Å². The molecule has 0 saturated heterocycles. The molecule has 1 aliphatic carbocycles. The molecular formula is C28H39N7O4. The van der Waals surface area contributed by atoms with Gasteiger partial charge in [0.05, 0.1) is 6.54 Å². The number of rotatable bonds is 4. The van der Waals surface area contributed by atoms with E-state index in [4.69, 9.17) is 0 Å². The first kappa shape index (κ1) is 28.3. The number of carbonyl (C=O) groups excluding carboxylic acids is 4. The molecule has 39 heavy (non-hydrogen) atoms. The standard InChI is InChI=1S/C28H39N7O4/c1-19(2)10-15-35-21-6-7-23-22(16-21)26(31-33(23)4)28(39)32(3)17-24(36)30-11-5-14-34(18-25(35)37)27(38)20-8-12-29-13-9-20/h8-9,12-13,19,21H,5-7,10-11,14-18H2,1-4H3,(H,30,36). The Labute approximate surface area is 229 Å². The van der Waals surface area contributed by atoms with Gasteiger partial charge in [-0.25, -0.2) is 0 Å². The molecule has 11 heteroatoms. The third-order valence-corrected chi connectivity index (χ3v) is 7.54. The molecule has 2 aliphatic rings. The second kappa shape index (κ2) is 12.4. The Morgan fingerprint density at radius 2 is 1.87 bits per heavy atom. The van der Waals surface area contributed by atoms with E-state index < -0.39 is 0 Å². The predicted octanol–water partition coefficient (Wildman–Crippen LogP) is 1.28. The molecular weight excluding hydrogens is 498 g/mol. The number of pyridine rings is 1. The first-order chi connectivity index (χ1) is 18.7. The number of fused-ring (bicyclic) bond motifs is 1. The van der Waals surface area contributed by atoms with Crippen LogP contribution in [0.25, 0.3) is 0 Å². The van der Waals surface area contributed by atoms with Gasteiger partial charge in [0.25, 0.3) is 11.8 Å². The van der Waals surface area contributed by atoms with Gasteiger partial charge in [0, 0.05) is 69.0 Å². The normalized spacial score (nSPS) is 19.5. The summed E-state index contributed by atoms with van der Waals surface area (Å²) < 4.78 is 1.75. The van der Waals surface area contributed by atoms with Crippen LogP contribution in [-0.4, -0.2) is 98.9 Å². The Balaban J connectivity index is 1.68. The third kappa shape index (κ3) is 6.63. The van der Waals surface area contributed by atoms with Crippen molar-refractivity contribution in [3.63, 3.8) is 0 Å². The summed E-state index contributed by atoms with van der Waals surface area (Å²) in [5.41, 5.74) is 2.63. The Hall–Kier alpha value is -3.76. The Kier molecular flexibility index (Phi) is 8.98. The molecule has 1 aliphatic heterocycles. The van der Waals surface area contributed by atoms with E-state index in [1.54, 1.807) is 41.2 Å². The van der Waals surface area contributed by atoms with Crippen LogP contribution in [-0.2, 0) is 29.5 Å². The summed E-state index contributed by atoms with van der Waals surface area (Å²) in [6, 6.07) is 3.17. The van der Waals surface area contributed by atoms with Crippen LogP contribution in [0, 0.1) is 5.92 Å². The van der Waals surface area contributed by atoms with Crippen LogP contribution < -0.4 is 5.32 Å². The van der Waals surface area contributed by atoms with Crippen molar-refractivity contribution in [2.45, 2.75) is 52.0 Å². The average molecular weight is 538 g/mol. The molecule has 2 aromatic heterocycles. The molecule has 2 aromatic rings. The van der Waals surface area contributed by atoms with Crippen molar-refractivity contribution >= 4 is 23.6 Å². The van der Waals surface area contributed by atoms with E-state index in [0.717, 1.165) is 24.1 Å². The second-order valence-electron chi connectivity index (χ2n) is 10.9. The third-order valence-electron chi connectivity index (χ3n) is 7.54. The fourth-order valence-electron chi connectivity index (χ4n) is 5.32. The minimum Gasteiger partial charge on any atom is -0.354 e. The molecule has 1 atom stereocenters. The summed E-state index contributed by atoms with van der Waals surface area (Å²) in [6.45, 7) is 5.30. The van der Waals surface area contributed by atoms with E-state index in [2.05, 4.69) is 29.2 Å². The molecule has 4 amide bonds.